The van der Waals surface area contributed by atoms with Crippen molar-refractivity contribution in [1.82, 2.24) is 14.1 Å². The Bertz CT molecular complexity index is 803. The molecule has 2 aromatic rings. The molecule has 2 heterocycles. The lowest BCUT2D eigenvalue weighted by atomic mass is 10.0. The molecular weight excluding hydrogens is 288 g/mol. The maximum absolute atomic E-state index is 12.6. The monoisotopic (exact) mass is 306 g/mol. The Hall–Kier alpha value is -1.60. The van der Waals surface area contributed by atoms with Crippen molar-refractivity contribution < 1.29 is 8.42 Å². The van der Waals surface area contributed by atoms with Gasteiger partial charge in [-0.2, -0.15) is 0 Å². The minimum Gasteiger partial charge on any atom is -0.381 e. The van der Waals surface area contributed by atoms with Crippen LogP contribution in [0.4, 0.5) is 5.82 Å². The second kappa shape index (κ2) is 4.20. The quantitative estimate of drug-likeness (QED) is 0.873. The Labute approximate surface area is 123 Å². The van der Waals surface area contributed by atoms with Crippen LogP contribution in [0, 0.1) is 11.3 Å². The number of nitrogen functional groups attached to an aromatic ring is 1. The van der Waals surface area contributed by atoms with Crippen LogP contribution in [0.15, 0.2) is 29.4 Å². The molecular formula is C14H18N4O2S. The molecule has 0 radical (unpaired) electrons. The van der Waals surface area contributed by atoms with E-state index in [9.17, 15) is 8.42 Å². The first kappa shape index (κ1) is 13.1. The van der Waals surface area contributed by atoms with Gasteiger partial charge in [-0.25, -0.2) is 18.1 Å². The van der Waals surface area contributed by atoms with Crippen LogP contribution in [0.25, 0.3) is 5.65 Å². The molecule has 112 valence electrons. The number of pyridine rings is 1. The van der Waals surface area contributed by atoms with Crippen molar-refractivity contribution in [3.63, 3.8) is 0 Å². The summed E-state index contributed by atoms with van der Waals surface area (Å²) in [6.07, 6.45) is 6.39. The average Bonchev–Trinajstić information content (AvgIpc) is 3.32. The SMILES string of the molecule is Nc1nc2ccccn2c1S(=O)(=O)NCC1(C2CC2)CC1. The number of imidazole rings is 1. The summed E-state index contributed by atoms with van der Waals surface area (Å²) in [5, 5.41) is 0.0460. The highest BCUT2D eigenvalue weighted by molar-refractivity contribution is 7.89. The molecule has 0 bridgehead atoms. The van der Waals surface area contributed by atoms with Crippen LogP contribution in [-0.4, -0.2) is 24.3 Å². The first-order valence-electron chi connectivity index (χ1n) is 7.24. The van der Waals surface area contributed by atoms with Gasteiger partial charge in [0.05, 0.1) is 0 Å². The molecule has 0 unspecified atom stereocenters. The fourth-order valence-corrected chi connectivity index (χ4v) is 4.50. The smallest absolute Gasteiger partial charge is 0.260 e. The number of hydrogen-bond donors (Lipinski definition) is 2. The van der Waals surface area contributed by atoms with Gasteiger partial charge < -0.3 is 5.73 Å². The van der Waals surface area contributed by atoms with Gasteiger partial charge in [0.2, 0.25) is 0 Å². The number of nitrogens with one attached hydrogen (secondary N) is 1. The van der Waals surface area contributed by atoms with E-state index in [1.807, 2.05) is 0 Å². The van der Waals surface area contributed by atoms with E-state index in [1.54, 1.807) is 24.4 Å². The van der Waals surface area contributed by atoms with Crippen molar-refractivity contribution in [2.75, 3.05) is 12.3 Å². The highest BCUT2D eigenvalue weighted by Crippen LogP contribution is 2.60. The summed E-state index contributed by atoms with van der Waals surface area (Å²) in [5.74, 6) is 0.754. The molecule has 21 heavy (non-hydrogen) atoms. The van der Waals surface area contributed by atoms with Crippen LogP contribution in [0.5, 0.6) is 0 Å². The summed E-state index contributed by atoms with van der Waals surface area (Å²) < 4.78 is 29.5. The Morgan fingerprint density at radius 3 is 2.81 bits per heavy atom. The fourth-order valence-electron chi connectivity index (χ4n) is 3.15. The van der Waals surface area contributed by atoms with Crippen molar-refractivity contribution in [3.05, 3.63) is 24.4 Å². The van der Waals surface area contributed by atoms with Crippen molar-refractivity contribution in [2.24, 2.45) is 11.3 Å². The molecule has 2 aliphatic rings. The van der Waals surface area contributed by atoms with Gasteiger partial charge in [0.25, 0.3) is 10.0 Å². The number of nitrogens with zero attached hydrogens (tertiary/aromatic N) is 2. The van der Waals surface area contributed by atoms with Crippen molar-refractivity contribution >= 4 is 21.5 Å². The van der Waals surface area contributed by atoms with Crippen LogP contribution < -0.4 is 10.5 Å². The van der Waals surface area contributed by atoms with E-state index in [-0.39, 0.29) is 16.3 Å². The molecule has 2 aromatic heterocycles. The highest BCUT2D eigenvalue weighted by Gasteiger charge is 2.53. The Morgan fingerprint density at radius 2 is 2.14 bits per heavy atom. The van der Waals surface area contributed by atoms with Crippen LogP contribution in [0.3, 0.4) is 0 Å². The van der Waals surface area contributed by atoms with Gasteiger partial charge in [-0.05, 0) is 49.1 Å². The van der Waals surface area contributed by atoms with Crippen LogP contribution in [-0.2, 0) is 10.0 Å². The molecule has 2 fully saturated rings. The van der Waals surface area contributed by atoms with Crippen molar-refractivity contribution in [3.8, 4) is 0 Å². The maximum Gasteiger partial charge on any atom is 0.260 e. The molecule has 2 saturated carbocycles. The van der Waals surface area contributed by atoms with Gasteiger partial charge in [-0.1, -0.05) is 6.07 Å². The third kappa shape index (κ3) is 2.11. The summed E-state index contributed by atoms with van der Waals surface area (Å²) >= 11 is 0. The van der Waals surface area contributed by atoms with E-state index < -0.39 is 10.0 Å². The van der Waals surface area contributed by atoms with Gasteiger partial charge in [0, 0.05) is 12.7 Å². The van der Waals surface area contributed by atoms with E-state index in [0.717, 1.165) is 12.8 Å². The lowest BCUT2D eigenvalue weighted by molar-refractivity contribution is 0.431. The second-order valence-corrected chi connectivity index (χ2v) is 7.87. The maximum atomic E-state index is 12.6. The zero-order valence-electron chi connectivity index (χ0n) is 11.6. The molecule has 0 saturated heterocycles. The Balaban J connectivity index is 1.65. The molecule has 0 aromatic carbocycles. The second-order valence-electron chi connectivity index (χ2n) is 6.19. The zero-order chi connectivity index (χ0) is 14.7. The topological polar surface area (TPSA) is 89.5 Å². The number of nitrogens with two attached hydrogens (primary N) is 1. The van der Waals surface area contributed by atoms with Crippen molar-refractivity contribution in [2.45, 2.75) is 30.7 Å². The minimum absolute atomic E-state index is 0.0460. The molecule has 4 rings (SSSR count). The number of hydrogen-bond acceptors (Lipinski definition) is 4. The van der Waals surface area contributed by atoms with Gasteiger partial charge >= 0.3 is 0 Å². The first-order valence-corrected chi connectivity index (χ1v) is 8.72. The lowest BCUT2D eigenvalue weighted by Crippen LogP contribution is -2.32. The summed E-state index contributed by atoms with van der Waals surface area (Å²) in [6.45, 7) is 0.513. The standard InChI is InChI=1S/C14H18N4O2S/c15-12-13(18-8-2-1-3-11(18)17-12)21(19,20)16-9-14(6-7-14)10-4-5-10/h1-3,8,10,16H,4-7,9,15H2. The van der Waals surface area contributed by atoms with Crippen LogP contribution >= 0.6 is 0 Å². The van der Waals surface area contributed by atoms with E-state index in [1.165, 1.54) is 17.2 Å². The summed E-state index contributed by atoms with van der Waals surface area (Å²) in [6, 6.07) is 5.31. The number of rotatable bonds is 5. The van der Waals surface area contributed by atoms with E-state index in [4.69, 9.17) is 5.73 Å². The number of sulfonamides is 1. The predicted molar refractivity (Wildman–Crippen MR) is 79.2 cm³/mol. The molecule has 0 spiro atoms. The third-order valence-corrected chi connectivity index (χ3v) is 6.15. The Morgan fingerprint density at radius 1 is 1.38 bits per heavy atom. The average molecular weight is 306 g/mol. The molecule has 0 amide bonds. The van der Waals surface area contributed by atoms with E-state index in [0.29, 0.717) is 18.1 Å². The first-order chi connectivity index (χ1) is 10.0. The molecule has 0 aliphatic heterocycles. The normalized spacial score (nSPS) is 20.8. The molecule has 7 heteroatoms. The summed E-state index contributed by atoms with van der Waals surface area (Å²) in [4.78, 5) is 4.11. The number of fused-ring (bicyclic) bond motifs is 1. The number of aromatic nitrogens is 2. The van der Waals surface area contributed by atoms with Gasteiger partial charge in [0.1, 0.15) is 5.65 Å². The third-order valence-electron chi connectivity index (χ3n) is 4.72. The van der Waals surface area contributed by atoms with E-state index >= 15 is 0 Å². The molecule has 2 aliphatic carbocycles. The van der Waals surface area contributed by atoms with Crippen LogP contribution in [0.1, 0.15) is 25.7 Å². The fraction of sp³-hybridized carbons (Fsp3) is 0.500. The van der Waals surface area contributed by atoms with Gasteiger partial charge in [-0.15, -0.1) is 0 Å². The van der Waals surface area contributed by atoms with Crippen LogP contribution in [0.2, 0.25) is 0 Å². The molecule has 3 N–H and O–H groups in total. The molecule has 0 atom stereocenters. The molecule has 6 nitrogen and oxygen atoms in total. The predicted octanol–water partition coefficient (Wildman–Crippen LogP) is 1.38. The Kier molecular flexibility index (Phi) is 2.62. The van der Waals surface area contributed by atoms with Gasteiger partial charge in [-0.3, -0.25) is 4.40 Å². The largest absolute Gasteiger partial charge is 0.381 e. The highest BCUT2D eigenvalue weighted by atomic mass is 32.2. The number of anilines is 1. The minimum atomic E-state index is -3.65. The van der Waals surface area contributed by atoms with Crippen molar-refractivity contribution in [1.29, 1.82) is 0 Å². The zero-order valence-corrected chi connectivity index (χ0v) is 12.4. The summed E-state index contributed by atoms with van der Waals surface area (Å²) in [7, 11) is -3.65. The van der Waals surface area contributed by atoms with Gasteiger partial charge in [0.15, 0.2) is 10.8 Å². The lowest BCUT2D eigenvalue weighted by Gasteiger charge is -2.15. The van der Waals surface area contributed by atoms with E-state index in [2.05, 4.69) is 9.71 Å². The summed E-state index contributed by atoms with van der Waals surface area (Å²) in [5.41, 5.74) is 6.57.